The summed E-state index contributed by atoms with van der Waals surface area (Å²) in [6.45, 7) is 1.59. The molecule has 0 aliphatic heterocycles. The van der Waals surface area contributed by atoms with Gasteiger partial charge in [0.2, 0.25) is 5.91 Å². The van der Waals surface area contributed by atoms with E-state index in [1.807, 2.05) is 0 Å². The number of amides is 2. The van der Waals surface area contributed by atoms with E-state index in [2.05, 4.69) is 10.6 Å². The third-order valence-electron chi connectivity index (χ3n) is 4.06. The van der Waals surface area contributed by atoms with E-state index >= 15 is 0 Å². The summed E-state index contributed by atoms with van der Waals surface area (Å²) >= 11 is 11.0. The Morgan fingerprint density at radius 1 is 1.09 bits per heavy atom. The molecule has 0 saturated heterocycles. The van der Waals surface area contributed by atoms with Crippen molar-refractivity contribution in [2.75, 3.05) is 12.9 Å². The van der Waals surface area contributed by atoms with Gasteiger partial charge in [-0.2, -0.15) is 0 Å². The first-order valence-electron chi connectivity index (χ1n) is 8.98. The van der Waals surface area contributed by atoms with Gasteiger partial charge in [-0.25, -0.2) is 17.6 Å². The molecule has 0 spiro atoms. The molecule has 4 atom stereocenters. The Bertz CT molecular complexity index is 900. The molecule has 32 heavy (non-hydrogen) atoms. The SMILES string of the molecule is CC(N)C(=O)N[C@@H](C)C(=O)OC(c1ccc(S(C)(=O)=O)cc1)C(CF)NC(=O)C(Cl)Cl.Cl. The fourth-order valence-electron chi connectivity index (χ4n) is 2.36. The number of sulfone groups is 1. The lowest BCUT2D eigenvalue weighted by Crippen LogP contribution is -2.48. The molecule has 9 nitrogen and oxygen atoms in total. The number of nitrogens with two attached hydrogens (primary N) is 1. The van der Waals surface area contributed by atoms with Crippen LogP contribution in [-0.4, -0.2) is 62.1 Å². The number of ether oxygens (including phenoxy) is 1. The summed E-state index contributed by atoms with van der Waals surface area (Å²) in [6, 6.07) is 1.71. The molecule has 0 aliphatic rings. The van der Waals surface area contributed by atoms with Crippen LogP contribution in [0.2, 0.25) is 0 Å². The molecule has 1 aromatic carbocycles. The number of halogens is 4. The number of alkyl halides is 3. The average Bonchev–Trinajstić information content (AvgIpc) is 2.69. The monoisotopic (exact) mass is 535 g/mol. The number of esters is 1. The van der Waals surface area contributed by atoms with Gasteiger partial charge in [-0.15, -0.1) is 12.4 Å². The number of hydrogen-bond acceptors (Lipinski definition) is 7. The largest absolute Gasteiger partial charge is 0.454 e. The molecule has 4 N–H and O–H groups in total. The minimum Gasteiger partial charge on any atom is -0.454 e. The van der Waals surface area contributed by atoms with Gasteiger partial charge in [0.15, 0.2) is 14.7 Å². The Morgan fingerprint density at radius 2 is 1.62 bits per heavy atom. The van der Waals surface area contributed by atoms with Crippen molar-refractivity contribution >= 4 is 63.2 Å². The second kappa shape index (κ2) is 13.1. The van der Waals surface area contributed by atoms with Crippen molar-refractivity contribution in [1.82, 2.24) is 10.6 Å². The van der Waals surface area contributed by atoms with Gasteiger partial charge in [0.1, 0.15) is 18.8 Å². The fraction of sp³-hybridized carbons (Fsp3) is 0.500. The van der Waals surface area contributed by atoms with Crippen LogP contribution in [0.15, 0.2) is 29.2 Å². The number of rotatable bonds is 10. The number of carbonyl (C=O) groups is 3. The molecule has 3 unspecified atom stereocenters. The second-order valence-electron chi connectivity index (χ2n) is 6.79. The number of nitrogens with one attached hydrogen (secondary N) is 2. The molecular formula is C18H25Cl3FN3O6S. The quantitative estimate of drug-likeness (QED) is 0.301. The van der Waals surface area contributed by atoms with E-state index in [1.165, 1.54) is 38.1 Å². The van der Waals surface area contributed by atoms with E-state index in [1.54, 1.807) is 0 Å². The predicted molar refractivity (Wildman–Crippen MR) is 120 cm³/mol. The van der Waals surface area contributed by atoms with Gasteiger partial charge >= 0.3 is 5.97 Å². The Kier molecular flexibility index (Phi) is 12.5. The highest BCUT2D eigenvalue weighted by molar-refractivity contribution is 7.90. The molecule has 0 bridgehead atoms. The maximum atomic E-state index is 13.8. The third-order valence-corrected chi connectivity index (χ3v) is 5.59. The van der Waals surface area contributed by atoms with E-state index in [0.717, 1.165) is 6.26 Å². The average molecular weight is 537 g/mol. The van der Waals surface area contributed by atoms with Gasteiger partial charge in [-0.1, -0.05) is 35.3 Å². The molecule has 1 rings (SSSR count). The first kappa shape index (κ1) is 30.3. The molecule has 182 valence electrons. The topological polar surface area (TPSA) is 145 Å². The number of hydrogen-bond donors (Lipinski definition) is 3. The normalized spacial score (nSPS) is 15.0. The zero-order valence-corrected chi connectivity index (χ0v) is 20.5. The van der Waals surface area contributed by atoms with Crippen molar-refractivity contribution in [3.8, 4) is 0 Å². The van der Waals surface area contributed by atoms with E-state index in [-0.39, 0.29) is 22.9 Å². The van der Waals surface area contributed by atoms with Crippen LogP contribution in [0.5, 0.6) is 0 Å². The highest BCUT2D eigenvalue weighted by Gasteiger charge is 2.32. The smallest absolute Gasteiger partial charge is 0.329 e. The Labute approximate surface area is 201 Å². The van der Waals surface area contributed by atoms with E-state index < -0.39 is 63.4 Å². The summed E-state index contributed by atoms with van der Waals surface area (Å²) in [5.41, 5.74) is 5.63. The van der Waals surface area contributed by atoms with Gasteiger partial charge in [-0.05, 0) is 31.5 Å². The van der Waals surface area contributed by atoms with Gasteiger partial charge in [-0.3, -0.25) is 9.59 Å². The second-order valence-corrected chi connectivity index (χ2v) is 9.90. The van der Waals surface area contributed by atoms with Gasteiger partial charge in [0.25, 0.3) is 5.91 Å². The summed E-state index contributed by atoms with van der Waals surface area (Å²) in [5.74, 6) is -2.47. The minimum atomic E-state index is -3.51. The molecule has 14 heteroatoms. The molecule has 0 aliphatic carbocycles. The van der Waals surface area contributed by atoms with Crippen LogP contribution >= 0.6 is 35.6 Å². The van der Waals surface area contributed by atoms with E-state index in [0.29, 0.717) is 0 Å². The van der Waals surface area contributed by atoms with Crippen LogP contribution in [0.25, 0.3) is 0 Å². The van der Waals surface area contributed by atoms with Crippen molar-refractivity contribution in [1.29, 1.82) is 0 Å². The van der Waals surface area contributed by atoms with Crippen molar-refractivity contribution < 1.29 is 31.9 Å². The Balaban J connectivity index is 0.00000961. The van der Waals surface area contributed by atoms with Gasteiger partial charge < -0.3 is 21.1 Å². The third kappa shape index (κ3) is 9.07. The zero-order chi connectivity index (χ0) is 23.9. The molecule has 2 amide bonds. The highest BCUT2D eigenvalue weighted by atomic mass is 35.5. The fourth-order valence-corrected chi connectivity index (χ4v) is 3.12. The first-order chi connectivity index (χ1) is 14.3. The summed E-state index contributed by atoms with van der Waals surface area (Å²) < 4.78 is 42.5. The zero-order valence-electron chi connectivity index (χ0n) is 17.4. The van der Waals surface area contributed by atoms with Crippen LogP contribution in [0.3, 0.4) is 0 Å². The lowest BCUT2D eigenvalue weighted by Gasteiger charge is -2.28. The van der Waals surface area contributed by atoms with Crippen LogP contribution in [0, 0.1) is 0 Å². The van der Waals surface area contributed by atoms with Crippen LogP contribution in [0.4, 0.5) is 4.39 Å². The Morgan fingerprint density at radius 3 is 2.03 bits per heavy atom. The maximum absolute atomic E-state index is 13.8. The lowest BCUT2D eigenvalue weighted by molar-refractivity contribution is -0.155. The summed E-state index contributed by atoms with van der Waals surface area (Å²) in [5, 5.41) is 4.57. The molecule has 0 saturated carbocycles. The summed E-state index contributed by atoms with van der Waals surface area (Å²) in [6.07, 6.45) is -0.370. The standard InChI is InChI=1S/C18H24Cl2FN3O6S.ClH/c1-9(22)16(25)23-10(2)18(27)30-14(13(8-21)24-17(26)15(19)20)11-4-6-12(7-5-11)31(3,28)29;/h4-7,9-10,13-15H,8,22H2,1-3H3,(H,23,25)(H,24,26);1H/t9?,10-,13?,14?;/m0./s1. The molecule has 0 fully saturated rings. The maximum Gasteiger partial charge on any atom is 0.329 e. The molecule has 0 heterocycles. The summed E-state index contributed by atoms with van der Waals surface area (Å²) in [7, 11) is -3.51. The molecule has 1 aromatic rings. The van der Waals surface area contributed by atoms with Gasteiger partial charge in [0.05, 0.1) is 17.0 Å². The number of benzene rings is 1. The molecular weight excluding hydrogens is 512 g/mol. The van der Waals surface area contributed by atoms with E-state index in [4.69, 9.17) is 33.7 Å². The van der Waals surface area contributed by atoms with Crippen molar-refractivity contribution in [3.05, 3.63) is 29.8 Å². The predicted octanol–water partition coefficient (Wildman–Crippen LogP) is 1.21. The van der Waals surface area contributed by atoms with E-state index in [9.17, 15) is 27.2 Å². The van der Waals surface area contributed by atoms with Crippen molar-refractivity contribution in [2.45, 2.75) is 47.8 Å². The van der Waals surface area contributed by atoms with Crippen LogP contribution in [-0.2, 0) is 29.0 Å². The summed E-state index contributed by atoms with van der Waals surface area (Å²) in [4.78, 5) is 34.5. The van der Waals surface area contributed by atoms with Crippen LogP contribution in [0.1, 0.15) is 25.5 Å². The first-order valence-corrected chi connectivity index (χ1v) is 11.7. The Hall–Kier alpha value is -1.66. The van der Waals surface area contributed by atoms with Crippen LogP contribution < -0.4 is 16.4 Å². The molecule has 0 radical (unpaired) electrons. The van der Waals surface area contributed by atoms with Crippen molar-refractivity contribution in [3.63, 3.8) is 0 Å². The van der Waals surface area contributed by atoms with Gasteiger partial charge in [0, 0.05) is 6.26 Å². The highest BCUT2D eigenvalue weighted by Crippen LogP contribution is 2.25. The lowest BCUT2D eigenvalue weighted by atomic mass is 10.0. The molecule has 0 aromatic heterocycles. The number of carbonyl (C=O) groups excluding carboxylic acids is 3. The minimum absolute atomic E-state index is 0. The van der Waals surface area contributed by atoms with Crippen molar-refractivity contribution in [2.24, 2.45) is 5.73 Å².